The maximum absolute atomic E-state index is 12.1. The van der Waals surface area contributed by atoms with Crippen LogP contribution >= 0.6 is 0 Å². The highest BCUT2D eigenvalue weighted by molar-refractivity contribution is 6.20. The van der Waals surface area contributed by atoms with Gasteiger partial charge in [-0.25, -0.2) is 0 Å². The number of imide groups is 1. The molecule has 1 aliphatic heterocycles. The summed E-state index contributed by atoms with van der Waals surface area (Å²) in [5, 5.41) is 22.2. The number of nitro benzene ring substituents is 2. The Balaban J connectivity index is 1.94. The summed E-state index contributed by atoms with van der Waals surface area (Å²) in [5.74, 6) is -1.70. The van der Waals surface area contributed by atoms with Gasteiger partial charge in [-0.3, -0.25) is 29.8 Å². The van der Waals surface area contributed by atoms with Crippen LogP contribution in [0.25, 0.3) is 0 Å². The molecule has 0 spiro atoms. The van der Waals surface area contributed by atoms with E-state index in [0.717, 1.165) is 18.2 Å². The third-order valence-electron chi connectivity index (χ3n) is 3.29. The highest BCUT2D eigenvalue weighted by Crippen LogP contribution is 2.32. The number of nitro groups is 2. The molecule has 120 valence electrons. The summed E-state index contributed by atoms with van der Waals surface area (Å²) in [7, 11) is 0. The first kappa shape index (κ1) is 15.1. The van der Waals surface area contributed by atoms with Gasteiger partial charge in [0.2, 0.25) is 0 Å². The smallest absolute Gasteiger partial charge is 0.349 e. The van der Waals surface area contributed by atoms with Crippen LogP contribution in [-0.4, -0.2) is 26.7 Å². The van der Waals surface area contributed by atoms with E-state index in [4.69, 9.17) is 4.84 Å². The van der Waals surface area contributed by atoms with E-state index < -0.39 is 33.0 Å². The fraction of sp³-hybridized carbons (Fsp3) is 0. The van der Waals surface area contributed by atoms with E-state index in [9.17, 15) is 29.8 Å². The van der Waals surface area contributed by atoms with Crippen LogP contribution < -0.4 is 4.84 Å². The SMILES string of the molecule is O=C1c2ccccc2C(=O)N1Oc1ccc([N+](=O)[O-])c([N+](=O)[O-])c1. The molecule has 24 heavy (non-hydrogen) atoms. The number of hydrogen-bond donors (Lipinski definition) is 0. The van der Waals surface area contributed by atoms with Gasteiger partial charge in [0.15, 0.2) is 5.75 Å². The Kier molecular flexibility index (Phi) is 3.41. The number of amides is 2. The second kappa shape index (κ2) is 5.43. The summed E-state index contributed by atoms with van der Waals surface area (Å²) in [6.07, 6.45) is 0. The Bertz CT molecular complexity index is 874. The molecule has 3 rings (SSSR count). The number of nitrogens with zero attached hydrogens (tertiary/aromatic N) is 3. The molecule has 1 aliphatic rings. The molecule has 0 saturated heterocycles. The van der Waals surface area contributed by atoms with Crippen molar-refractivity contribution in [3.8, 4) is 5.75 Å². The van der Waals surface area contributed by atoms with E-state index in [1.165, 1.54) is 12.1 Å². The zero-order valence-electron chi connectivity index (χ0n) is 11.7. The highest BCUT2D eigenvalue weighted by atomic mass is 16.7. The lowest BCUT2D eigenvalue weighted by Crippen LogP contribution is -2.33. The normalized spacial score (nSPS) is 12.9. The topological polar surface area (TPSA) is 133 Å². The maximum Gasteiger partial charge on any atom is 0.349 e. The highest BCUT2D eigenvalue weighted by Gasteiger charge is 2.38. The molecule has 0 unspecified atom stereocenters. The fourth-order valence-corrected chi connectivity index (χ4v) is 2.22. The van der Waals surface area contributed by atoms with Crippen LogP contribution in [-0.2, 0) is 0 Å². The van der Waals surface area contributed by atoms with E-state index >= 15 is 0 Å². The average Bonchev–Trinajstić information content (AvgIpc) is 2.80. The molecule has 0 fully saturated rings. The van der Waals surface area contributed by atoms with Gasteiger partial charge in [-0.1, -0.05) is 17.2 Å². The van der Waals surface area contributed by atoms with Gasteiger partial charge in [0.05, 0.1) is 27.0 Å². The van der Waals surface area contributed by atoms with Gasteiger partial charge in [-0.15, -0.1) is 0 Å². The maximum atomic E-state index is 12.1. The number of rotatable bonds is 4. The van der Waals surface area contributed by atoms with E-state index in [1.807, 2.05) is 0 Å². The Hall–Kier alpha value is -3.82. The van der Waals surface area contributed by atoms with Crippen LogP contribution in [0.4, 0.5) is 11.4 Å². The minimum Gasteiger partial charge on any atom is -0.368 e. The number of benzene rings is 2. The minimum absolute atomic E-state index is 0.138. The predicted octanol–water partition coefficient (Wildman–Crippen LogP) is 2.09. The van der Waals surface area contributed by atoms with Crippen molar-refractivity contribution in [1.82, 2.24) is 5.06 Å². The summed E-state index contributed by atoms with van der Waals surface area (Å²) in [6.45, 7) is 0. The third-order valence-corrected chi connectivity index (χ3v) is 3.29. The van der Waals surface area contributed by atoms with Gasteiger partial charge < -0.3 is 4.84 Å². The van der Waals surface area contributed by atoms with Gasteiger partial charge in [0, 0.05) is 6.07 Å². The lowest BCUT2D eigenvalue weighted by molar-refractivity contribution is -0.422. The second-order valence-electron chi connectivity index (χ2n) is 4.71. The summed E-state index contributed by atoms with van der Waals surface area (Å²) in [4.78, 5) is 49.2. The quantitative estimate of drug-likeness (QED) is 0.476. The van der Waals surface area contributed by atoms with Crippen LogP contribution in [0.5, 0.6) is 5.75 Å². The summed E-state index contributed by atoms with van der Waals surface area (Å²) < 4.78 is 0. The Morgan fingerprint density at radius 2 is 1.38 bits per heavy atom. The fourth-order valence-electron chi connectivity index (χ4n) is 2.22. The standard InChI is InChI=1S/C14H7N3O7/c18-13-9-3-1-2-4-10(9)14(19)15(13)24-8-5-6-11(16(20)21)12(7-8)17(22)23/h1-7H. The summed E-state index contributed by atoms with van der Waals surface area (Å²) in [5.41, 5.74) is -1.26. The van der Waals surface area contributed by atoms with Crippen LogP contribution in [0, 0.1) is 20.2 Å². The van der Waals surface area contributed by atoms with E-state index in [2.05, 4.69) is 0 Å². The van der Waals surface area contributed by atoms with Crippen molar-refractivity contribution in [1.29, 1.82) is 0 Å². The van der Waals surface area contributed by atoms with Crippen molar-refractivity contribution in [3.05, 3.63) is 73.8 Å². The summed E-state index contributed by atoms with van der Waals surface area (Å²) >= 11 is 0. The lowest BCUT2D eigenvalue weighted by Gasteiger charge is -2.13. The molecule has 0 radical (unpaired) electrons. The molecular weight excluding hydrogens is 322 g/mol. The molecule has 1 heterocycles. The van der Waals surface area contributed by atoms with Crippen molar-refractivity contribution in [3.63, 3.8) is 0 Å². The van der Waals surface area contributed by atoms with E-state index in [-0.39, 0.29) is 16.9 Å². The molecule has 0 aromatic heterocycles. The Labute approximate surface area is 133 Å². The van der Waals surface area contributed by atoms with Crippen molar-refractivity contribution >= 4 is 23.2 Å². The minimum atomic E-state index is -0.951. The largest absolute Gasteiger partial charge is 0.368 e. The molecule has 0 saturated carbocycles. The predicted molar refractivity (Wildman–Crippen MR) is 77.3 cm³/mol. The molecule has 0 bridgehead atoms. The monoisotopic (exact) mass is 329 g/mol. The molecule has 0 N–H and O–H groups in total. The average molecular weight is 329 g/mol. The van der Waals surface area contributed by atoms with Gasteiger partial charge >= 0.3 is 11.4 Å². The lowest BCUT2D eigenvalue weighted by atomic mass is 10.1. The molecule has 0 atom stereocenters. The molecular formula is C14H7N3O7. The van der Waals surface area contributed by atoms with Gasteiger partial charge in [-0.05, 0) is 18.2 Å². The first-order valence-electron chi connectivity index (χ1n) is 6.49. The number of hydrogen-bond acceptors (Lipinski definition) is 7. The molecule has 2 aromatic carbocycles. The third kappa shape index (κ3) is 2.31. The zero-order chi connectivity index (χ0) is 17.4. The van der Waals surface area contributed by atoms with E-state index in [1.54, 1.807) is 12.1 Å². The van der Waals surface area contributed by atoms with Crippen LogP contribution in [0.3, 0.4) is 0 Å². The van der Waals surface area contributed by atoms with Gasteiger partial charge in [-0.2, -0.15) is 0 Å². The van der Waals surface area contributed by atoms with Crippen LogP contribution in [0.15, 0.2) is 42.5 Å². The zero-order valence-corrected chi connectivity index (χ0v) is 11.7. The second-order valence-corrected chi connectivity index (χ2v) is 4.71. The molecule has 0 aliphatic carbocycles. The molecule has 2 aromatic rings. The van der Waals surface area contributed by atoms with Crippen LogP contribution in [0.1, 0.15) is 20.7 Å². The molecule has 10 heteroatoms. The van der Waals surface area contributed by atoms with Gasteiger partial charge in [0.1, 0.15) is 0 Å². The molecule has 10 nitrogen and oxygen atoms in total. The van der Waals surface area contributed by atoms with Crippen LogP contribution in [0.2, 0.25) is 0 Å². The summed E-state index contributed by atoms with van der Waals surface area (Å²) in [6, 6.07) is 8.74. The van der Waals surface area contributed by atoms with Crippen molar-refractivity contribution in [2.45, 2.75) is 0 Å². The molecule has 2 amide bonds. The van der Waals surface area contributed by atoms with E-state index in [0.29, 0.717) is 5.06 Å². The Morgan fingerprint density at radius 1 is 0.833 bits per heavy atom. The van der Waals surface area contributed by atoms with Gasteiger partial charge in [0.25, 0.3) is 11.8 Å². The number of hydroxylamine groups is 2. The van der Waals surface area contributed by atoms with Crippen molar-refractivity contribution in [2.24, 2.45) is 0 Å². The first-order valence-corrected chi connectivity index (χ1v) is 6.49. The number of fused-ring (bicyclic) bond motifs is 1. The number of carbonyl (C=O) groups excluding carboxylic acids is 2. The Morgan fingerprint density at radius 3 is 1.88 bits per heavy atom. The number of carbonyl (C=O) groups is 2. The van der Waals surface area contributed by atoms with Crippen molar-refractivity contribution < 1.29 is 24.3 Å². The first-order chi connectivity index (χ1) is 11.4. The van der Waals surface area contributed by atoms with Crippen molar-refractivity contribution in [2.75, 3.05) is 0 Å².